The lowest BCUT2D eigenvalue weighted by Crippen LogP contribution is -2.15. The minimum absolute atomic E-state index is 0.0259. The van der Waals surface area contributed by atoms with Gasteiger partial charge in [0.2, 0.25) is 5.91 Å². The molecule has 10 nitrogen and oxygen atoms in total. The second-order valence-corrected chi connectivity index (χ2v) is 6.68. The Balaban J connectivity index is 1.37. The van der Waals surface area contributed by atoms with E-state index < -0.39 is 11.7 Å². The van der Waals surface area contributed by atoms with Gasteiger partial charge in [0.1, 0.15) is 0 Å². The third-order valence-electron chi connectivity index (χ3n) is 3.72. The summed E-state index contributed by atoms with van der Waals surface area (Å²) in [5.74, 6) is -0.920. The Bertz CT molecular complexity index is 1210. The van der Waals surface area contributed by atoms with Gasteiger partial charge in [-0.1, -0.05) is 17.3 Å². The van der Waals surface area contributed by atoms with E-state index >= 15 is 0 Å². The van der Waals surface area contributed by atoms with Crippen LogP contribution in [-0.2, 0) is 11.2 Å². The van der Waals surface area contributed by atoms with E-state index in [1.54, 1.807) is 41.8 Å². The molecule has 0 aliphatic rings. The van der Waals surface area contributed by atoms with Gasteiger partial charge in [-0.15, -0.1) is 11.3 Å². The molecule has 0 fully saturated rings. The number of thiazole rings is 1. The summed E-state index contributed by atoms with van der Waals surface area (Å²) in [5.41, 5.74) is 1.63. The molecule has 1 aromatic carbocycles. The molecule has 3 aromatic heterocycles. The van der Waals surface area contributed by atoms with Crippen molar-refractivity contribution in [3.63, 3.8) is 0 Å². The summed E-state index contributed by atoms with van der Waals surface area (Å²) in [7, 11) is 0. The highest BCUT2D eigenvalue weighted by Crippen LogP contribution is 2.20. The number of amides is 2. The normalized spacial score (nSPS) is 10.6. The number of nitrogens with zero attached hydrogens (tertiary/aromatic N) is 2. The smallest absolute Gasteiger partial charge is 0.439 e. The zero-order valence-electron chi connectivity index (χ0n) is 14.7. The molecule has 0 saturated heterocycles. The molecule has 0 saturated carbocycles. The van der Waals surface area contributed by atoms with Gasteiger partial charge in [0.15, 0.2) is 16.7 Å². The molecule has 0 aliphatic heterocycles. The summed E-state index contributed by atoms with van der Waals surface area (Å²) >= 11 is 1.21. The van der Waals surface area contributed by atoms with E-state index in [1.807, 2.05) is 0 Å². The van der Waals surface area contributed by atoms with Gasteiger partial charge in [-0.25, -0.2) is 9.78 Å². The monoisotopic (exact) mass is 411 g/mol. The molecule has 4 rings (SSSR count). The maximum atomic E-state index is 12.3. The molecule has 0 unspecified atom stereocenters. The third-order valence-corrected chi connectivity index (χ3v) is 4.53. The lowest BCUT2D eigenvalue weighted by Gasteiger charge is -2.05. The minimum Gasteiger partial charge on any atom is -0.459 e. The van der Waals surface area contributed by atoms with Crippen molar-refractivity contribution in [1.82, 2.24) is 15.1 Å². The highest BCUT2D eigenvalue weighted by Gasteiger charge is 2.13. The summed E-state index contributed by atoms with van der Waals surface area (Å²) in [5, 5.41) is 11.0. The van der Waals surface area contributed by atoms with Gasteiger partial charge in [0.25, 0.3) is 5.91 Å². The second-order valence-electron chi connectivity index (χ2n) is 5.82. The first-order chi connectivity index (χ1) is 14.1. The summed E-state index contributed by atoms with van der Waals surface area (Å²) in [6, 6.07) is 9.94. The van der Waals surface area contributed by atoms with Crippen molar-refractivity contribution in [2.24, 2.45) is 0 Å². The highest BCUT2D eigenvalue weighted by atomic mass is 32.1. The average molecular weight is 411 g/mol. The van der Waals surface area contributed by atoms with E-state index in [9.17, 15) is 14.4 Å². The fourth-order valence-electron chi connectivity index (χ4n) is 2.48. The fraction of sp³-hybridized carbons (Fsp3) is 0.0556. The van der Waals surface area contributed by atoms with Crippen LogP contribution in [0, 0.1) is 0 Å². The van der Waals surface area contributed by atoms with E-state index in [1.165, 1.54) is 17.6 Å². The van der Waals surface area contributed by atoms with Crippen LogP contribution in [-0.4, -0.2) is 26.9 Å². The molecule has 0 aliphatic carbocycles. The SMILES string of the molecule is O=C(Cc1csc(NC(=O)c2ccco2)n1)Nc1cccc(-c2noc(=O)[nH]2)c1. The van der Waals surface area contributed by atoms with Gasteiger partial charge in [-0.2, -0.15) is 0 Å². The predicted molar refractivity (Wildman–Crippen MR) is 104 cm³/mol. The van der Waals surface area contributed by atoms with Crippen LogP contribution >= 0.6 is 11.3 Å². The molecular formula is C18H13N5O5S. The van der Waals surface area contributed by atoms with Gasteiger partial charge in [-0.05, 0) is 24.3 Å². The van der Waals surface area contributed by atoms with Crippen LogP contribution in [0.4, 0.5) is 10.8 Å². The number of aromatic nitrogens is 3. The zero-order valence-corrected chi connectivity index (χ0v) is 15.5. The van der Waals surface area contributed by atoms with Crippen molar-refractivity contribution in [2.45, 2.75) is 6.42 Å². The molecule has 0 atom stereocenters. The highest BCUT2D eigenvalue weighted by molar-refractivity contribution is 7.14. The first-order valence-electron chi connectivity index (χ1n) is 8.32. The Morgan fingerprint density at radius 3 is 2.83 bits per heavy atom. The first kappa shape index (κ1) is 18.4. The molecule has 2 amide bonds. The lowest BCUT2D eigenvalue weighted by atomic mass is 10.2. The van der Waals surface area contributed by atoms with Crippen LogP contribution in [0.25, 0.3) is 11.4 Å². The first-order valence-corrected chi connectivity index (χ1v) is 9.20. The Morgan fingerprint density at radius 1 is 1.17 bits per heavy atom. The molecule has 3 heterocycles. The van der Waals surface area contributed by atoms with Crippen molar-refractivity contribution >= 4 is 34.0 Å². The van der Waals surface area contributed by atoms with Crippen molar-refractivity contribution in [3.8, 4) is 11.4 Å². The van der Waals surface area contributed by atoms with Crippen molar-refractivity contribution < 1.29 is 18.5 Å². The van der Waals surface area contributed by atoms with Gasteiger partial charge in [0, 0.05) is 16.6 Å². The van der Waals surface area contributed by atoms with Crippen LogP contribution in [0.3, 0.4) is 0 Å². The second kappa shape index (κ2) is 7.94. The number of hydrogen-bond acceptors (Lipinski definition) is 8. The minimum atomic E-state index is -0.659. The number of benzene rings is 1. The Labute approximate surface area is 166 Å². The summed E-state index contributed by atoms with van der Waals surface area (Å²) < 4.78 is 9.50. The van der Waals surface area contributed by atoms with Gasteiger partial charge in [0.05, 0.1) is 18.4 Å². The molecule has 3 N–H and O–H groups in total. The zero-order chi connectivity index (χ0) is 20.2. The van der Waals surface area contributed by atoms with E-state index in [0.29, 0.717) is 22.1 Å². The molecule has 0 spiro atoms. The lowest BCUT2D eigenvalue weighted by molar-refractivity contribution is -0.115. The summed E-state index contributed by atoms with van der Waals surface area (Å²) in [4.78, 5) is 42.0. The van der Waals surface area contributed by atoms with Crippen LogP contribution in [0.2, 0.25) is 0 Å². The molecule has 0 radical (unpaired) electrons. The number of hydrogen-bond donors (Lipinski definition) is 3. The average Bonchev–Trinajstić information content (AvgIpc) is 3.44. The van der Waals surface area contributed by atoms with Gasteiger partial charge < -0.3 is 9.73 Å². The van der Waals surface area contributed by atoms with Crippen molar-refractivity contribution in [1.29, 1.82) is 0 Å². The van der Waals surface area contributed by atoms with E-state index in [2.05, 4.69) is 30.3 Å². The number of H-pyrrole nitrogens is 1. The quantitative estimate of drug-likeness (QED) is 0.442. The number of carbonyl (C=O) groups excluding carboxylic acids is 2. The fourth-order valence-corrected chi connectivity index (χ4v) is 3.19. The van der Waals surface area contributed by atoms with Crippen molar-refractivity contribution in [3.05, 3.63) is 70.0 Å². The molecule has 0 bridgehead atoms. The van der Waals surface area contributed by atoms with Gasteiger partial charge >= 0.3 is 5.76 Å². The Kier molecular flexibility index (Phi) is 5.03. The molecule has 11 heteroatoms. The van der Waals surface area contributed by atoms with Crippen molar-refractivity contribution in [2.75, 3.05) is 10.6 Å². The molecule has 4 aromatic rings. The predicted octanol–water partition coefficient (Wildman–Crippen LogP) is 2.51. The van der Waals surface area contributed by atoms with Crippen LogP contribution < -0.4 is 16.4 Å². The van der Waals surface area contributed by atoms with Crippen LogP contribution in [0.15, 0.2) is 61.8 Å². The standard InChI is InChI=1S/C18H13N5O5S/c24-14(19-11-4-1-3-10(7-11)15-21-18(26)28-23-15)8-12-9-29-17(20-12)22-16(25)13-5-2-6-27-13/h1-7,9H,8H2,(H,19,24)(H,20,22,25)(H,21,23,26). The van der Waals surface area contributed by atoms with Crippen LogP contribution in [0.1, 0.15) is 16.2 Å². The summed E-state index contributed by atoms with van der Waals surface area (Å²) in [6.45, 7) is 0. The Hall–Kier alpha value is -3.99. The Morgan fingerprint density at radius 2 is 2.07 bits per heavy atom. The number of anilines is 2. The molecule has 146 valence electrons. The third kappa shape index (κ3) is 4.47. The largest absolute Gasteiger partial charge is 0.459 e. The van der Waals surface area contributed by atoms with E-state index in [4.69, 9.17) is 4.42 Å². The van der Waals surface area contributed by atoms with E-state index in [0.717, 1.165) is 0 Å². The molecular weight excluding hydrogens is 398 g/mol. The molecule has 29 heavy (non-hydrogen) atoms. The number of furan rings is 1. The summed E-state index contributed by atoms with van der Waals surface area (Å²) in [6.07, 6.45) is 1.43. The number of aromatic amines is 1. The van der Waals surface area contributed by atoms with E-state index in [-0.39, 0.29) is 23.9 Å². The maximum Gasteiger partial charge on any atom is 0.439 e. The number of carbonyl (C=O) groups is 2. The number of nitrogens with one attached hydrogen (secondary N) is 3. The topological polar surface area (TPSA) is 143 Å². The van der Waals surface area contributed by atoms with Crippen LogP contribution in [0.5, 0.6) is 0 Å². The number of rotatable bonds is 6. The van der Waals surface area contributed by atoms with Gasteiger partial charge in [-0.3, -0.25) is 24.4 Å². The maximum absolute atomic E-state index is 12.3.